The number of piperazine rings is 1. The maximum absolute atomic E-state index is 4.52. The third-order valence-electron chi connectivity index (χ3n) is 4.73. The van der Waals surface area contributed by atoms with Crippen molar-refractivity contribution in [3.05, 3.63) is 42.1 Å². The van der Waals surface area contributed by atoms with Gasteiger partial charge in [-0.2, -0.15) is 0 Å². The summed E-state index contributed by atoms with van der Waals surface area (Å²) in [6, 6.07) is 11.2. The normalized spacial score (nSPS) is 17.8. The van der Waals surface area contributed by atoms with Gasteiger partial charge in [-0.15, -0.1) is 24.8 Å². The van der Waals surface area contributed by atoms with Crippen molar-refractivity contribution < 1.29 is 0 Å². The van der Waals surface area contributed by atoms with E-state index in [1.807, 2.05) is 6.20 Å². The average Bonchev–Trinajstić information content (AvgIpc) is 2.56. The topological polar surface area (TPSA) is 28.2 Å². The number of hydrogen-bond acceptors (Lipinski definition) is 3. The Morgan fingerprint density at radius 2 is 1.83 bits per heavy atom. The predicted molar refractivity (Wildman–Crippen MR) is 103 cm³/mol. The van der Waals surface area contributed by atoms with Crippen LogP contribution in [0.3, 0.4) is 0 Å². The van der Waals surface area contributed by atoms with Crippen LogP contribution in [-0.4, -0.2) is 36.1 Å². The molecule has 0 saturated carbocycles. The molecule has 1 aliphatic rings. The van der Waals surface area contributed by atoms with Crippen LogP contribution in [0.5, 0.6) is 0 Å². The number of aromatic nitrogens is 1. The van der Waals surface area contributed by atoms with Gasteiger partial charge in [-0.05, 0) is 23.6 Å². The molecule has 0 bridgehead atoms. The van der Waals surface area contributed by atoms with Crippen LogP contribution in [0.2, 0.25) is 0 Å². The van der Waals surface area contributed by atoms with Gasteiger partial charge in [-0.1, -0.05) is 38.5 Å². The Kier molecular flexibility index (Phi) is 8.27. The van der Waals surface area contributed by atoms with Crippen LogP contribution in [0.4, 0.5) is 0 Å². The minimum atomic E-state index is 0. The average molecular weight is 356 g/mol. The lowest BCUT2D eigenvalue weighted by molar-refractivity contribution is 0.129. The first-order valence-corrected chi connectivity index (χ1v) is 8.09. The Labute approximate surface area is 151 Å². The van der Waals surface area contributed by atoms with Crippen LogP contribution in [0.1, 0.15) is 31.9 Å². The maximum Gasteiger partial charge on any atom is 0.0705 e. The van der Waals surface area contributed by atoms with Gasteiger partial charge in [0, 0.05) is 43.8 Å². The highest BCUT2D eigenvalue weighted by Gasteiger charge is 2.27. The minimum absolute atomic E-state index is 0. The number of rotatable bonds is 4. The Morgan fingerprint density at radius 1 is 1.13 bits per heavy atom. The molecule has 23 heavy (non-hydrogen) atoms. The molecule has 2 aromatic rings. The second kappa shape index (κ2) is 9.43. The van der Waals surface area contributed by atoms with Crippen molar-refractivity contribution in [2.24, 2.45) is 5.92 Å². The van der Waals surface area contributed by atoms with Crippen molar-refractivity contribution in [1.82, 2.24) is 15.2 Å². The number of para-hydroxylation sites is 1. The number of pyridine rings is 1. The number of nitrogens with one attached hydrogen (secondary N) is 1. The largest absolute Gasteiger partial charge is 0.314 e. The van der Waals surface area contributed by atoms with Gasteiger partial charge in [0.15, 0.2) is 0 Å². The molecule has 3 rings (SSSR count). The maximum atomic E-state index is 4.52. The third kappa shape index (κ3) is 4.36. The molecule has 0 radical (unpaired) electrons. The SMILES string of the molecule is CCC(C)[C@@H](c1ccnc2ccccc12)N1CCNCC1.Cl.Cl. The third-order valence-corrected chi connectivity index (χ3v) is 4.73. The van der Waals surface area contributed by atoms with Crippen LogP contribution < -0.4 is 5.32 Å². The zero-order valence-corrected chi connectivity index (χ0v) is 15.5. The summed E-state index contributed by atoms with van der Waals surface area (Å²) < 4.78 is 0. The second-order valence-electron chi connectivity index (χ2n) is 6.03. The van der Waals surface area contributed by atoms with Crippen molar-refractivity contribution in [2.45, 2.75) is 26.3 Å². The summed E-state index contributed by atoms with van der Waals surface area (Å²) in [5, 5.41) is 4.77. The van der Waals surface area contributed by atoms with Crippen LogP contribution in [0, 0.1) is 5.92 Å². The van der Waals surface area contributed by atoms with E-state index in [1.165, 1.54) is 17.4 Å². The highest BCUT2D eigenvalue weighted by atomic mass is 35.5. The van der Waals surface area contributed by atoms with Crippen LogP contribution in [0.25, 0.3) is 10.9 Å². The molecule has 5 heteroatoms. The van der Waals surface area contributed by atoms with Crippen LogP contribution in [-0.2, 0) is 0 Å². The Bertz CT molecular complexity index is 594. The summed E-state index contributed by atoms with van der Waals surface area (Å²) in [7, 11) is 0. The molecule has 3 nitrogen and oxygen atoms in total. The van der Waals surface area contributed by atoms with Gasteiger partial charge in [0.05, 0.1) is 5.52 Å². The number of fused-ring (bicyclic) bond motifs is 1. The van der Waals surface area contributed by atoms with E-state index in [2.05, 4.69) is 59.4 Å². The van der Waals surface area contributed by atoms with Crippen molar-refractivity contribution >= 4 is 35.7 Å². The van der Waals surface area contributed by atoms with Gasteiger partial charge >= 0.3 is 0 Å². The number of hydrogen-bond donors (Lipinski definition) is 1. The molecule has 128 valence electrons. The van der Waals surface area contributed by atoms with Gasteiger partial charge in [-0.3, -0.25) is 9.88 Å². The van der Waals surface area contributed by atoms with Gasteiger partial charge in [0.2, 0.25) is 0 Å². The van der Waals surface area contributed by atoms with E-state index >= 15 is 0 Å². The lowest BCUT2D eigenvalue weighted by Gasteiger charge is -2.38. The fraction of sp³-hybridized carbons (Fsp3) is 0.500. The van der Waals surface area contributed by atoms with Crippen molar-refractivity contribution in [3.63, 3.8) is 0 Å². The standard InChI is InChI=1S/C18H25N3.2ClH/c1-3-14(2)18(21-12-10-19-11-13-21)16-8-9-20-17-7-5-4-6-15(16)17;;/h4-9,14,18-19H,3,10-13H2,1-2H3;2*1H/t14?,18-;;/m0../s1. The zero-order valence-electron chi connectivity index (χ0n) is 13.9. The molecule has 0 aliphatic carbocycles. The van der Waals surface area contributed by atoms with Gasteiger partial charge in [-0.25, -0.2) is 0 Å². The van der Waals surface area contributed by atoms with Crippen LogP contribution in [0.15, 0.2) is 36.5 Å². The minimum Gasteiger partial charge on any atom is -0.314 e. The highest BCUT2D eigenvalue weighted by molar-refractivity contribution is 5.85. The molecule has 0 spiro atoms. The summed E-state index contributed by atoms with van der Waals surface area (Å²) in [6.07, 6.45) is 3.17. The van der Waals surface area contributed by atoms with E-state index in [0.717, 1.165) is 31.7 Å². The molecular formula is C18H27Cl2N3. The van der Waals surface area contributed by atoms with Crippen LogP contribution >= 0.6 is 24.8 Å². The number of benzene rings is 1. The van der Waals surface area contributed by atoms with Gasteiger partial charge in [0.1, 0.15) is 0 Å². The van der Waals surface area contributed by atoms with Crippen molar-refractivity contribution in [2.75, 3.05) is 26.2 Å². The van der Waals surface area contributed by atoms with Gasteiger partial charge in [0.25, 0.3) is 0 Å². The summed E-state index contributed by atoms with van der Waals surface area (Å²) in [5.41, 5.74) is 2.55. The number of nitrogens with zero attached hydrogens (tertiary/aromatic N) is 2. The molecule has 2 heterocycles. The lowest BCUT2D eigenvalue weighted by atomic mass is 9.88. The van der Waals surface area contributed by atoms with Crippen molar-refractivity contribution in [3.8, 4) is 0 Å². The monoisotopic (exact) mass is 355 g/mol. The van der Waals surface area contributed by atoms with E-state index in [1.54, 1.807) is 0 Å². The number of halogens is 2. The molecule has 1 fully saturated rings. The Hall–Kier alpha value is -0.870. The summed E-state index contributed by atoms with van der Waals surface area (Å²) in [4.78, 5) is 7.17. The summed E-state index contributed by atoms with van der Waals surface area (Å²) in [6.45, 7) is 9.12. The quantitative estimate of drug-likeness (QED) is 0.895. The van der Waals surface area contributed by atoms with E-state index < -0.39 is 0 Å². The summed E-state index contributed by atoms with van der Waals surface area (Å²) >= 11 is 0. The fourth-order valence-corrected chi connectivity index (χ4v) is 3.42. The first-order chi connectivity index (χ1) is 10.3. The molecule has 1 aromatic carbocycles. The molecule has 1 aliphatic heterocycles. The molecule has 1 N–H and O–H groups in total. The lowest BCUT2D eigenvalue weighted by Crippen LogP contribution is -2.46. The molecule has 1 unspecified atom stereocenters. The molecule has 1 aromatic heterocycles. The van der Waals surface area contributed by atoms with E-state index in [9.17, 15) is 0 Å². The first kappa shape index (κ1) is 20.2. The van der Waals surface area contributed by atoms with E-state index in [4.69, 9.17) is 0 Å². The smallest absolute Gasteiger partial charge is 0.0705 e. The van der Waals surface area contributed by atoms with Crippen molar-refractivity contribution in [1.29, 1.82) is 0 Å². The fourth-order valence-electron chi connectivity index (χ4n) is 3.42. The first-order valence-electron chi connectivity index (χ1n) is 8.09. The van der Waals surface area contributed by atoms with E-state index in [-0.39, 0.29) is 24.8 Å². The predicted octanol–water partition coefficient (Wildman–Crippen LogP) is 4.07. The second-order valence-corrected chi connectivity index (χ2v) is 6.03. The zero-order chi connectivity index (χ0) is 14.7. The molecule has 2 atom stereocenters. The molecule has 1 saturated heterocycles. The summed E-state index contributed by atoms with van der Waals surface area (Å²) in [5.74, 6) is 0.647. The Morgan fingerprint density at radius 3 is 2.52 bits per heavy atom. The highest BCUT2D eigenvalue weighted by Crippen LogP contribution is 2.34. The molecule has 0 amide bonds. The Balaban J connectivity index is 0.00000132. The van der Waals surface area contributed by atoms with E-state index in [0.29, 0.717) is 12.0 Å². The van der Waals surface area contributed by atoms with Gasteiger partial charge < -0.3 is 5.32 Å². The molecular weight excluding hydrogens is 329 g/mol.